The molecular weight excluding hydrogens is 143 g/mol. The predicted molar refractivity (Wildman–Crippen MR) is 55.4 cm³/mol. The Labute approximate surface area is 77.2 Å². The van der Waals surface area contributed by atoms with Gasteiger partial charge in [-0.3, -0.25) is 0 Å². The second kappa shape index (κ2) is 3.12. The number of rotatable bonds is 0. The lowest BCUT2D eigenvalue weighted by atomic mass is 9.69. The molecule has 0 bridgehead atoms. The van der Waals surface area contributed by atoms with Crippen molar-refractivity contribution < 1.29 is 0 Å². The smallest absolute Gasteiger partial charge is 0.0763 e. The molecule has 0 aromatic heterocycles. The summed E-state index contributed by atoms with van der Waals surface area (Å²) in [6, 6.07) is 0. The van der Waals surface area contributed by atoms with Crippen molar-refractivity contribution in [1.82, 2.24) is 0 Å². The summed E-state index contributed by atoms with van der Waals surface area (Å²) in [7, 11) is 5.96. The van der Waals surface area contributed by atoms with Crippen LogP contribution in [-0.4, -0.2) is 7.85 Å². The quantitative estimate of drug-likeness (QED) is 0.477. The van der Waals surface area contributed by atoms with Crippen LogP contribution in [0.3, 0.4) is 0 Å². The van der Waals surface area contributed by atoms with Crippen molar-refractivity contribution in [2.24, 2.45) is 5.41 Å². The summed E-state index contributed by atoms with van der Waals surface area (Å²) in [5.41, 5.74) is 3.03. The van der Waals surface area contributed by atoms with E-state index >= 15 is 0 Å². The Morgan fingerprint density at radius 1 is 1.33 bits per heavy atom. The van der Waals surface area contributed by atoms with Crippen molar-refractivity contribution in [1.29, 1.82) is 0 Å². The third-order valence-electron chi connectivity index (χ3n) is 2.54. The van der Waals surface area contributed by atoms with Crippen LogP contribution in [0.1, 0.15) is 34.1 Å². The van der Waals surface area contributed by atoms with Crippen LogP contribution in [0, 0.1) is 5.41 Å². The Balaban J connectivity index is 2.84. The Morgan fingerprint density at radius 2 is 1.92 bits per heavy atom. The van der Waals surface area contributed by atoms with Gasteiger partial charge in [-0.25, -0.2) is 0 Å². The molecule has 64 valence electrons. The zero-order valence-corrected chi connectivity index (χ0v) is 8.52. The molecule has 0 fully saturated rings. The molecule has 0 aliphatic heterocycles. The van der Waals surface area contributed by atoms with Gasteiger partial charge in [-0.05, 0) is 18.8 Å². The molecule has 0 nitrogen and oxygen atoms in total. The molecular formula is C11H17B. The van der Waals surface area contributed by atoms with Gasteiger partial charge in [0.05, 0.1) is 7.85 Å². The maximum absolute atomic E-state index is 5.96. The first kappa shape index (κ1) is 9.63. The van der Waals surface area contributed by atoms with Gasteiger partial charge in [-0.1, -0.05) is 49.9 Å². The third kappa shape index (κ3) is 2.03. The van der Waals surface area contributed by atoms with E-state index in [2.05, 4.69) is 39.8 Å². The van der Waals surface area contributed by atoms with E-state index in [-0.39, 0.29) is 11.2 Å². The molecule has 1 aliphatic carbocycles. The van der Waals surface area contributed by atoms with E-state index in [9.17, 15) is 0 Å². The molecule has 0 amide bonds. The highest BCUT2D eigenvalue weighted by molar-refractivity contribution is 6.13. The van der Waals surface area contributed by atoms with Crippen molar-refractivity contribution in [2.45, 2.75) is 39.9 Å². The molecule has 0 heterocycles. The maximum Gasteiger partial charge on any atom is 0.0763 e. The molecule has 0 N–H and O–H groups in total. The van der Waals surface area contributed by atoms with Gasteiger partial charge in [0.2, 0.25) is 0 Å². The minimum Gasteiger partial charge on any atom is -0.0786 e. The summed E-state index contributed by atoms with van der Waals surface area (Å²) >= 11 is 0. The second-order valence-corrected chi connectivity index (χ2v) is 4.66. The Hall–Kier alpha value is -0.455. The monoisotopic (exact) mass is 160 g/mol. The highest BCUT2D eigenvalue weighted by atomic mass is 14.2. The SMILES string of the molecule is [B]C1CC(C(C)(C)C)=CC=C1C. The second-order valence-electron chi connectivity index (χ2n) is 4.66. The summed E-state index contributed by atoms with van der Waals surface area (Å²) in [6.07, 6.45) is 5.39. The average Bonchev–Trinajstić information content (AvgIpc) is 1.92. The zero-order chi connectivity index (χ0) is 9.35. The summed E-state index contributed by atoms with van der Waals surface area (Å²) in [6.45, 7) is 8.81. The van der Waals surface area contributed by atoms with Crippen molar-refractivity contribution in [3.05, 3.63) is 23.3 Å². The molecule has 2 radical (unpaired) electrons. The van der Waals surface area contributed by atoms with Crippen molar-refractivity contribution in [3.8, 4) is 0 Å². The summed E-state index contributed by atoms with van der Waals surface area (Å²) < 4.78 is 0. The maximum atomic E-state index is 5.96. The van der Waals surface area contributed by atoms with E-state index in [1.165, 1.54) is 11.1 Å². The van der Waals surface area contributed by atoms with Crippen molar-refractivity contribution in [3.63, 3.8) is 0 Å². The lowest BCUT2D eigenvalue weighted by molar-refractivity contribution is 0.479. The Morgan fingerprint density at radius 3 is 2.33 bits per heavy atom. The fourth-order valence-corrected chi connectivity index (χ4v) is 1.38. The minimum atomic E-state index is 0.240. The number of hydrogen-bond acceptors (Lipinski definition) is 0. The van der Waals surface area contributed by atoms with Gasteiger partial charge in [-0.15, -0.1) is 0 Å². The van der Waals surface area contributed by atoms with Gasteiger partial charge < -0.3 is 0 Å². The van der Waals surface area contributed by atoms with Crippen LogP contribution in [0.15, 0.2) is 23.3 Å². The predicted octanol–water partition coefficient (Wildman–Crippen LogP) is 3.27. The molecule has 1 heteroatoms. The van der Waals surface area contributed by atoms with E-state index in [1.807, 2.05) is 0 Å². The van der Waals surface area contributed by atoms with E-state index < -0.39 is 0 Å². The number of allylic oxidation sites excluding steroid dienone is 4. The van der Waals surface area contributed by atoms with Crippen molar-refractivity contribution >= 4 is 7.85 Å². The first-order valence-electron chi connectivity index (χ1n) is 4.54. The first-order chi connectivity index (χ1) is 5.41. The van der Waals surface area contributed by atoms with Crippen LogP contribution in [0.2, 0.25) is 5.82 Å². The van der Waals surface area contributed by atoms with Crippen LogP contribution in [0.4, 0.5) is 0 Å². The molecule has 0 saturated carbocycles. The normalized spacial score (nSPS) is 24.8. The Bertz CT molecular complexity index is 228. The van der Waals surface area contributed by atoms with Crippen LogP contribution in [0.25, 0.3) is 0 Å². The van der Waals surface area contributed by atoms with E-state index in [1.54, 1.807) is 0 Å². The molecule has 1 unspecified atom stereocenters. The third-order valence-corrected chi connectivity index (χ3v) is 2.54. The van der Waals surface area contributed by atoms with E-state index in [0.29, 0.717) is 0 Å². The van der Waals surface area contributed by atoms with Crippen LogP contribution in [-0.2, 0) is 0 Å². The molecule has 1 aliphatic rings. The molecule has 1 atom stereocenters. The van der Waals surface area contributed by atoms with Crippen LogP contribution < -0.4 is 0 Å². The van der Waals surface area contributed by atoms with Crippen LogP contribution >= 0.6 is 0 Å². The lowest BCUT2D eigenvalue weighted by Gasteiger charge is -2.29. The van der Waals surface area contributed by atoms with Gasteiger partial charge in [-0.2, -0.15) is 0 Å². The lowest BCUT2D eigenvalue weighted by Crippen LogP contribution is -2.14. The first-order valence-corrected chi connectivity index (χ1v) is 4.54. The van der Waals surface area contributed by atoms with Gasteiger partial charge in [0.25, 0.3) is 0 Å². The Kier molecular flexibility index (Phi) is 2.50. The van der Waals surface area contributed by atoms with Gasteiger partial charge in [0.15, 0.2) is 0 Å². The van der Waals surface area contributed by atoms with Crippen molar-refractivity contribution in [2.75, 3.05) is 0 Å². The largest absolute Gasteiger partial charge is 0.0786 e. The topological polar surface area (TPSA) is 0 Å². The number of hydrogen-bond donors (Lipinski definition) is 0. The van der Waals surface area contributed by atoms with E-state index in [4.69, 9.17) is 7.85 Å². The zero-order valence-electron chi connectivity index (χ0n) is 8.52. The average molecular weight is 160 g/mol. The molecule has 1 rings (SSSR count). The highest BCUT2D eigenvalue weighted by Crippen LogP contribution is 2.36. The fourth-order valence-electron chi connectivity index (χ4n) is 1.38. The summed E-state index contributed by atoms with van der Waals surface area (Å²) in [5.74, 6) is 0.240. The molecule has 12 heavy (non-hydrogen) atoms. The van der Waals surface area contributed by atoms with Gasteiger partial charge >= 0.3 is 0 Å². The fraction of sp³-hybridized carbons (Fsp3) is 0.636. The molecule has 0 spiro atoms. The van der Waals surface area contributed by atoms with E-state index in [0.717, 1.165) is 6.42 Å². The minimum absolute atomic E-state index is 0.240. The summed E-state index contributed by atoms with van der Waals surface area (Å²) in [5, 5.41) is 0. The highest BCUT2D eigenvalue weighted by Gasteiger charge is 2.21. The molecule has 0 aromatic rings. The van der Waals surface area contributed by atoms with Gasteiger partial charge in [0, 0.05) is 0 Å². The van der Waals surface area contributed by atoms with Gasteiger partial charge in [0.1, 0.15) is 0 Å². The molecule has 0 saturated heterocycles. The summed E-state index contributed by atoms with van der Waals surface area (Å²) in [4.78, 5) is 0. The standard InChI is InChI=1S/C11H17B/c1-8-5-6-9(7-10(8)12)11(2,3)4/h5-6,10H,7H2,1-4H3. The molecule has 0 aromatic carbocycles. The van der Waals surface area contributed by atoms with Crippen LogP contribution in [0.5, 0.6) is 0 Å².